The minimum atomic E-state index is -3.45. The molecule has 1 atom stereocenters. The highest BCUT2D eigenvalue weighted by molar-refractivity contribution is 7.89. The average Bonchev–Trinajstić information content (AvgIpc) is 2.47. The van der Waals surface area contributed by atoms with E-state index in [4.69, 9.17) is 0 Å². The van der Waals surface area contributed by atoms with Gasteiger partial charge < -0.3 is 5.32 Å². The Balaban J connectivity index is 2.24. The maximum atomic E-state index is 12.7. The van der Waals surface area contributed by atoms with Gasteiger partial charge in [0, 0.05) is 25.2 Å². The first-order valence-electron chi connectivity index (χ1n) is 7.34. The summed E-state index contributed by atoms with van der Waals surface area (Å²) in [5.41, 5.74) is 0.604. The highest BCUT2D eigenvalue weighted by Gasteiger charge is 2.32. The summed E-state index contributed by atoms with van der Waals surface area (Å²) in [5, 5.41) is 2.64. The van der Waals surface area contributed by atoms with Gasteiger partial charge in [0.1, 0.15) is 0 Å². The Hall–Kier alpha value is -1.40. The minimum Gasteiger partial charge on any atom is -0.326 e. The van der Waals surface area contributed by atoms with Gasteiger partial charge in [-0.2, -0.15) is 4.31 Å². The van der Waals surface area contributed by atoms with Crippen LogP contribution in [0, 0.1) is 0 Å². The van der Waals surface area contributed by atoms with Gasteiger partial charge in [-0.1, -0.05) is 13.3 Å². The second-order valence-corrected chi connectivity index (χ2v) is 7.27. The molecule has 0 aromatic heterocycles. The fraction of sp³-hybridized carbons (Fsp3) is 0.533. The number of sulfonamides is 1. The number of nitrogens with zero attached hydrogens (tertiary/aromatic N) is 1. The Bertz CT molecular complexity index is 596. The predicted octanol–water partition coefficient (Wildman–Crippen LogP) is 2.60. The molecule has 1 fully saturated rings. The SMILES string of the molecule is CC[C@@H]1CCCCN1S(=O)(=O)c1ccc(NC(C)=O)cc1. The van der Waals surface area contributed by atoms with E-state index >= 15 is 0 Å². The Morgan fingerprint density at radius 2 is 1.95 bits per heavy atom. The van der Waals surface area contributed by atoms with Crippen molar-refractivity contribution in [3.8, 4) is 0 Å². The summed E-state index contributed by atoms with van der Waals surface area (Å²) in [5.74, 6) is -0.173. The zero-order valence-corrected chi connectivity index (χ0v) is 13.3. The standard InChI is InChI=1S/C15H22N2O3S/c1-3-14-6-4-5-11-17(14)21(19,20)15-9-7-13(8-10-15)16-12(2)18/h7-10,14H,3-6,11H2,1-2H3,(H,16,18)/t14-/m1/s1. The van der Waals surface area contributed by atoms with Gasteiger partial charge in [0.25, 0.3) is 0 Å². The molecule has 1 aliphatic heterocycles. The van der Waals surface area contributed by atoms with Crippen molar-refractivity contribution in [3.63, 3.8) is 0 Å². The van der Waals surface area contributed by atoms with Crippen molar-refractivity contribution in [2.75, 3.05) is 11.9 Å². The van der Waals surface area contributed by atoms with Gasteiger partial charge in [-0.25, -0.2) is 8.42 Å². The molecule has 21 heavy (non-hydrogen) atoms. The number of carbonyl (C=O) groups excluding carboxylic acids is 1. The van der Waals surface area contributed by atoms with Crippen molar-refractivity contribution in [1.82, 2.24) is 4.31 Å². The van der Waals surface area contributed by atoms with Gasteiger partial charge in [0.15, 0.2) is 0 Å². The van der Waals surface area contributed by atoms with Crippen LogP contribution in [0.25, 0.3) is 0 Å². The second-order valence-electron chi connectivity index (χ2n) is 5.38. The molecule has 1 aromatic rings. The van der Waals surface area contributed by atoms with Crippen LogP contribution >= 0.6 is 0 Å². The molecule has 0 aliphatic carbocycles. The maximum absolute atomic E-state index is 12.7. The minimum absolute atomic E-state index is 0.0961. The van der Waals surface area contributed by atoms with E-state index in [-0.39, 0.29) is 16.8 Å². The van der Waals surface area contributed by atoms with Crippen molar-refractivity contribution in [2.45, 2.75) is 50.5 Å². The lowest BCUT2D eigenvalue weighted by atomic mass is 10.0. The molecule has 0 bridgehead atoms. The van der Waals surface area contributed by atoms with Gasteiger partial charge in [-0.15, -0.1) is 0 Å². The topological polar surface area (TPSA) is 66.5 Å². The van der Waals surface area contributed by atoms with Crippen molar-refractivity contribution in [1.29, 1.82) is 0 Å². The molecule has 0 unspecified atom stereocenters. The first-order valence-corrected chi connectivity index (χ1v) is 8.78. The fourth-order valence-corrected chi connectivity index (χ4v) is 4.51. The van der Waals surface area contributed by atoms with Crippen LogP contribution in [0.5, 0.6) is 0 Å². The van der Waals surface area contributed by atoms with E-state index in [0.717, 1.165) is 25.7 Å². The quantitative estimate of drug-likeness (QED) is 0.929. The van der Waals surface area contributed by atoms with E-state index in [1.807, 2.05) is 6.92 Å². The zero-order valence-electron chi connectivity index (χ0n) is 12.5. The van der Waals surface area contributed by atoms with Gasteiger partial charge in [0.2, 0.25) is 15.9 Å². The lowest BCUT2D eigenvalue weighted by molar-refractivity contribution is -0.114. The van der Waals surface area contributed by atoms with E-state index in [9.17, 15) is 13.2 Å². The largest absolute Gasteiger partial charge is 0.326 e. The van der Waals surface area contributed by atoms with E-state index in [1.165, 1.54) is 6.92 Å². The first-order chi connectivity index (χ1) is 9.95. The summed E-state index contributed by atoms with van der Waals surface area (Å²) < 4.78 is 27.1. The van der Waals surface area contributed by atoms with Crippen LogP contribution in [-0.4, -0.2) is 31.2 Å². The van der Waals surface area contributed by atoms with Gasteiger partial charge in [0.05, 0.1) is 4.90 Å². The highest BCUT2D eigenvalue weighted by Crippen LogP contribution is 2.27. The van der Waals surface area contributed by atoms with E-state index in [1.54, 1.807) is 28.6 Å². The Labute approximate surface area is 126 Å². The molecular weight excluding hydrogens is 288 g/mol. The third kappa shape index (κ3) is 3.63. The average molecular weight is 310 g/mol. The first kappa shape index (κ1) is 16.0. The van der Waals surface area contributed by atoms with Crippen LogP contribution in [0.3, 0.4) is 0 Å². The Kier molecular flexibility index (Phi) is 5.00. The number of nitrogens with one attached hydrogen (secondary N) is 1. The van der Waals surface area contributed by atoms with Crippen LogP contribution in [0.4, 0.5) is 5.69 Å². The molecule has 6 heteroatoms. The highest BCUT2D eigenvalue weighted by atomic mass is 32.2. The third-order valence-electron chi connectivity index (χ3n) is 3.83. The molecule has 1 aromatic carbocycles. The zero-order chi connectivity index (χ0) is 15.5. The maximum Gasteiger partial charge on any atom is 0.243 e. The molecule has 1 amide bonds. The Morgan fingerprint density at radius 1 is 1.29 bits per heavy atom. The van der Waals surface area contributed by atoms with Gasteiger partial charge >= 0.3 is 0 Å². The summed E-state index contributed by atoms with van der Waals surface area (Å²) in [4.78, 5) is 11.3. The number of hydrogen-bond donors (Lipinski definition) is 1. The summed E-state index contributed by atoms with van der Waals surface area (Å²) in [6, 6.07) is 6.46. The predicted molar refractivity (Wildman–Crippen MR) is 82.6 cm³/mol. The number of piperidine rings is 1. The molecule has 2 rings (SSSR count). The molecule has 0 saturated carbocycles. The van der Waals surface area contributed by atoms with Crippen LogP contribution in [0.2, 0.25) is 0 Å². The number of rotatable bonds is 4. The molecule has 1 aliphatic rings. The van der Waals surface area contributed by atoms with Crippen LogP contribution in [0.15, 0.2) is 29.2 Å². The van der Waals surface area contributed by atoms with Crippen molar-refractivity contribution in [2.24, 2.45) is 0 Å². The van der Waals surface area contributed by atoms with Gasteiger partial charge in [-0.3, -0.25) is 4.79 Å². The molecule has 1 saturated heterocycles. The number of benzene rings is 1. The molecule has 116 valence electrons. The van der Waals surface area contributed by atoms with Crippen LogP contribution in [0.1, 0.15) is 39.5 Å². The van der Waals surface area contributed by atoms with E-state index < -0.39 is 10.0 Å². The molecule has 5 nitrogen and oxygen atoms in total. The number of hydrogen-bond acceptors (Lipinski definition) is 3. The molecule has 1 heterocycles. The van der Waals surface area contributed by atoms with Crippen molar-refractivity contribution < 1.29 is 13.2 Å². The number of anilines is 1. The summed E-state index contributed by atoms with van der Waals surface area (Å²) in [7, 11) is -3.45. The van der Waals surface area contributed by atoms with E-state index in [0.29, 0.717) is 12.2 Å². The number of carbonyl (C=O) groups is 1. The number of amides is 1. The normalized spacial score (nSPS) is 20.2. The summed E-state index contributed by atoms with van der Waals surface area (Å²) in [6.45, 7) is 4.04. The monoisotopic (exact) mass is 310 g/mol. The lowest BCUT2D eigenvalue weighted by Gasteiger charge is -2.34. The summed E-state index contributed by atoms with van der Waals surface area (Å²) >= 11 is 0. The second kappa shape index (κ2) is 6.58. The molecule has 0 radical (unpaired) electrons. The van der Waals surface area contributed by atoms with Gasteiger partial charge in [-0.05, 0) is 43.5 Å². The Morgan fingerprint density at radius 3 is 2.52 bits per heavy atom. The molecule has 0 spiro atoms. The lowest BCUT2D eigenvalue weighted by Crippen LogP contribution is -2.43. The smallest absolute Gasteiger partial charge is 0.243 e. The van der Waals surface area contributed by atoms with Crippen molar-refractivity contribution >= 4 is 21.6 Å². The fourth-order valence-electron chi connectivity index (χ4n) is 2.75. The van der Waals surface area contributed by atoms with E-state index in [2.05, 4.69) is 5.32 Å². The van der Waals surface area contributed by atoms with Crippen LogP contribution in [-0.2, 0) is 14.8 Å². The molecule has 1 N–H and O–H groups in total. The third-order valence-corrected chi connectivity index (χ3v) is 5.79. The molecular formula is C15H22N2O3S. The van der Waals surface area contributed by atoms with Crippen LogP contribution < -0.4 is 5.32 Å². The van der Waals surface area contributed by atoms with Crippen molar-refractivity contribution in [3.05, 3.63) is 24.3 Å². The summed E-state index contributed by atoms with van der Waals surface area (Å²) in [6.07, 6.45) is 3.77.